The summed E-state index contributed by atoms with van der Waals surface area (Å²) in [6.45, 7) is 1.32. The number of fused-ring (bicyclic) bond motifs is 1. The van der Waals surface area contributed by atoms with Crippen LogP contribution in [0.4, 0.5) is 10.8 Å². The van der Waals surface area contributed by atoms with Crippen molar-refractivity contribution >= 4 is 44.4 Å². The molecule has 31 heavy (non-hydrogen) atoms. The summed E-state index contributed by atoms with van der Waals surface area (Å²) >= 11 is 1.43. The average Bonchev–Trinajstić information content (AvgIpc) is 3.19. The first-order chi connectivity index (χ1) is 14.9. The topological polar surface area (TPSA) is 88.8 Å². The number of anilines is 1. The van der Waals surface area contributed by atoms with E-state index in [0.717, 1.165) is 23.2 Å². The van der Waals surface area contributed by atoms with Gasteiger partial charge in [-0.3, -0.25) is 19.8 Å². The fourth-order valence-corrected chi connectivity index (χ4v) is 4.05. The zero-order valence-corrected chi connectivity index (χ0v) is 18.5. The minimum Gasteiger partial charge on any atom is -0.494 e. The molecule has 3 aromatic rings. The van der Waals surface area contributed by atoms with Crippen molar-refractivity contribution < 1.29 is 14.5 Å². The number of ether oxygens (including phenoxy) is 1. The highest BCUT2D eigenvalue weighted by atomic mass is 32.1. The van der Waals surface area contributed by atoms with E-state index < -0.39 is 4.92 Å². The van der Waals surface area contributed by atoms with Crippen LogP contribution in [0, 0.1) is 10.1 Å². The third kappa shape index (κ3) is 5.65. The number of benzene rings is 2. The Labute approximate surface area is 184 Å². The summed E-state index contributed by atoms with van der Waals surface area (Å²) in [5.74, 6) is 0.427. The van der Waals surface area contributed by atoms with Crippen LogP contribution in [0.3, 0.4) is 0 Å². The van der Waals surface area contributed by atoms with Gasteiger partial charge in [-0.1, -0.05) is 29.5 Å². The van der Waals surface area contributed by atoms with Gasteiger partial charge in [-0.05, 0) is 50.8 Å². The summed E-state index contributed by atoms with van der Waals surface area (Å²) in [6, 6.07) is 11.8. The molecular formula is C22H24N4O4S. The molecule has 9 heteroatoms. The smallest absolute Gasteiger partial charge is 0.270 e. The Balaban J connectivity index is 1.88. The molecule has 0 radical (unpaired) electrons. The number of nitro groups is 1. The first-order valence-electron chi connectivity index (χ1n) is 9.71. The number of nitrogens with zero attached hydrogens (tertiary/aromatic N) is 4. The maximum absolute atomic E-state index is 13.1. The van der Waals surface area contributed by atoms with Crippen molar-refractivity contribution in [2.75, 3.05) is 39.2 Å². The van der Waals surface area contributed by atoms with E-state index in [0.29, 0.717) is 23.0 Å². The highest BCUT2D eigenvalue weighted by Crippen LogP contribution is 2.34. The molecule has 0 unspecified atom stereocenters. The second kappa shape index (κ2) is 10.1. The van der Waals surface area contributed by atoms with Gasteiger partial charge in [-0.25, -0.2) is 4.98 Å². The zero-order chi connectivity index (χ0) is 22.4. The van der Waals surface area contributed by atoms with Gasteiger partial charge >= 0.3 is 0 Å². The number of non-ortho nitro benzene ring substituents is 1. The Bertz CT molecular complexity index is 1110. The molecule has 1 amide bonds. The number of aromatic nitrogens is 1. The van der Waals surface area contributed by atoms with E-state index in [4.69, 9.17) is 4.74 Å². The van der Waals surface area contributed by atoms with Crippen LogP contribution in [0.2, 0.25) is 0 Å². The summed E-state index contributed by atoms with van der Waals surface area (Å²) in [5, 5.41) is 11.6. The standard InChI is InChI=1S/C22H24N4O4S/c1-24(2)13-6-14-25(22-23-21-18(30-3)9-5-10-19(21)31-22)20(27)12-11-16-7-4-8-17(15-16)26(28)29/h4-5,7-12,15H,6,13-14H2,1-3H3. The van der Waals surface area contributed by atoms with Gasteiger partial charge in [0, 0.05) is 24.8 Å². The fraction of sp³-hybridized carbons (Fsp3) is 0.273. The van der Waals surface area contributed by atoms with Gasteiger partial charge in [-0.15, -0.1) is 0 Å². The van der Waals surface area contributed by atoms with Crippen LogP contribution in [0.15, 0.2) is 48.5 Å². The highest BCUT2D eigenvalue weighted by molar-refractivity contribution is 7.22. The van der Waals surface area contributed by atoms with Crippen molar-refractivity contribution in [3.8, 4) is 5.75 Å². The van der Waals surface area contributed by atoms with Crippen LogP contribution in [-0.2, 0) is 4.79 Å². The van der Waals surface area contributed by atoms with Gasteiger partial charge in [0.2, 0.25) is 0 Å². The Morgan fingerprint density at radius 1 is 1.23 bits per heavy atom. The lowest BCUT2D eigenvalue weighted by atomic mass is 10.2. The van der Waals surface area contributed by atoms with E-state index in [1.807, 2.05) is 32.3 Å². The first-order valence-corrected chi connectivity index (χ1v) is 10.5. The van der Waals surface area contributed by atoms with Gasteiger partial charge in [0.15, 0.2) is 5.13 Å². The Kier molecular flexibility index (Phi) is 7.32. The van der Waals surface area contributed by atoms with E-state index >= 15 is 0 Å². The molecule has 0 N–H and O–H groups in total. The number of nitro benzene ring substituents is 1. The van der Waals surface area contributed by atoms with Gasteiger partial charge < -0.3 is 9.64 Å². The molecule has 0 saturated carbocycles. The highest BCUT2D eigenvalue weighted by Gasteiger charge is 2.19. The number of rotatable bonds is 9. The second-order valence-electron chi connectivity index (χ2n) is 7.14. The number of para-hydroxylation sites is 1. The van der Waals surface area contributed by atoms with Crippen molar-refractivity contribution in [3.63, 3.8) is 0 Å². The zero-order valence-electron chi connectivity index (χ0n) is 17.6. The molecule has 0 aliphatic rings. The molecule has 3 rings (SSSR count). The maximum Gasteiger partial charge on any atom is 0.270 e. The SMILES string of the molecule is COc1cccc2sc(N(CCCN(C)C)C(=O)C=Cc3cccc([N+](=O)[O-])c3)nc12. The van der Waals surface area contributed by atoms with E-state index in [1.165, 1.54) is 29.5 Å². The van der Waals surface area contributed by atoms with E-state index in [-0.39, 0.29) is 11.6 Å². The van der Waals surface area contributed by atoms with Crippen LogP contribution in [-0.4, -0.2) is 55.0 Å². The molecule has 0 aliphatic heterocycles. The van der Waals surface area contributed by atoms with Crippen molar-refractivity contribution in [1.29, 1.82) is 0 Å². The predicted octanol–water partition coefficient (Wildman–Crippen LogP) is 4.21. The summed E-state index contributed by atoms with van der Waals surface area (Å²) in [4.78, 5) is 31.9. The number of amides is 1. The summed E-state index contributed by atoms with van der Waals surface area (Å²) in [6.07, 6.45) is 3.79. The summed E-state index contributed by atoms with van der Waals surface area (Å²) in [5.41, 5.74) is 1.29. The largest absolute Gasteiger partial charge is 0.494 e. The number of carbonyl (C=O) groups is 1. The summed E-state index contributed by atoms with van der Waals surface area (Å²) < 4.78 is 6.33. The molecule has 162 valence electrons. The van der Waals surface area contributed by atoms with Crippen LogP contribution in [0.1, 0.15) is 12.0 Å². The van der Waals surface area contributed by atoms with Crippen molar-refractivity contribution in [3.05, 3.63) is 64.2 Å². The lowest BCUT2D eigenvalue weighted by Crippen LogP contribution is -2.32. The number of thiazole rings is 1. The van der Waals surface area contributed by atoms with Crippen LogP contribution in [0.25, 0.3) is 16.3 Å². The third-order valence-corrected chi connectivity index (χ3v) is 5.62. The minimum atomic E-state index is -0.457. The molecule has 0 bridgehead atoms. The molecule has 0 saturated heterocycles. The molecule has 0 aliphatic carbocycles. The molecule has 2 aromatic carbocycles. The number of hydrogen-bond donors (Lipinski definition) is 0. The summed E-state index contributed by atoms with van der Waals surface area (Å²) in [7, 11) is 5.56. The Morgan fingerprint density at radius 2 is 2.00 bits per heavy atom. The van der Waals surface area contributed by atoms with Crippen molar-refractivity contribution in [1.82, 2.24) is 9.88 Å². The van der Waals surface area contributed by atoms with E-state index in [9.17, 15) is 14.9 Å². The molecule has 0 fully saturated rings. The van der Waals surface area contributed by atoms with Gasteiger partial charge in [0.25, 0.3) is 11.6 Å². The lowest BCUT2D eigenvalue weighted by molar-refractivity contribution is -0.384. The predicted molar refractivity (Wildman–Crippen MR) is 124 cm³/mol. The van der Waals surface area contributed by atoms with Crippen molar-refractivity contribution in [2.24, 2.45) is 0 Å². The van der Waals surface area contributed by atoms with Crippen LogP contribution < -0.4 is 9.64 Å². The van der Waals surface area contributed by atoms with Crippen LogP contribution in [0.5, 0.6) is 5.75 Å². The molecule has 1 aromatic heterocycles. The molecule has 0 spiro atoms. The van der Waals surface area contributed by atoms with Gasteiger partial charge in [-0.2, -0.15) is 0 Å². The van der Waals surface area contributed by atoms with Crippen LogP contribution >= 0.6 is 11.3 Å². The van der Waals surface area contributed by atoms with Gasteiger partial charge in [0.1, 0.15) is 11.3 Å². The minimum absolute atomic E-state index is 0.0179. The fourth-order valence-electron chi connectivity index (χ4n) is 3.04. The number of carbonyl (C=O) groups excluding carboxylic acids is 1. The molecule has 8 nitrogen and oxygen atoms in total. The quantitative estimate of drug-likeness (QED) is 0.281. The Hall–Kier alpha value is -3.30. The molecule has 0 atom stereocenters. The van der Waals surface area contributed by atoms with Crippen molar-refractivity contribution in [2.45, 2.75) is 6.42 Å². The molecular weight excluding hydrogens is 416 g/mol. The number of methoxy groups -OCH3 is 1. The normalized spacial score (nSPS) is 11.4. The monoisotopic (exact) mass is 440 g/mol. The third-order valence-electron chi connectivity index (χ3n) is 4.57. The molecule has 1 heterocycles. The lowest BCUT2D eigenvalue weighted by Gasteiger charge is -2.19. The van der Waals surface area contributed by atoms with E-state index in [1.54, 1.807) is 30.2 Å². The second-order valence-corrected chi connectivity index (χ2v) is 8.14. The Morgan fingerprint density at radius 3 is 2.71 bits per heavy atom. The maximum atomic E-state index is 13.1. The van der Waals surface area contributed by atoms with Gasteiger partial charge in [0.05, 0.1) is 16.7 Å². The number of hydrogen-bond acceptors (Lipinski definition) is 7. The average molecular weight is 441 g/mol. The van der Waals surface area contributed by atoms with E-state index in [2.05, 4.69) is 9.88 Å². The first kappa shape index (κ1) is 22.4.